The van der Waals surface area contributed by atoms with Crippen LogP contribution in [0.15, 0.2) is 18.2 Å². The van der Waals surface area contributed by atoms with Crippen LogP contribution in [0.3, 0.4) is 0 Å². The van der Waals surface area contributed by atoms with E-state index in [4.69, 9.17) is 9.47 Å². The van der Waals surface area contributed by atoms with Gasteiger partial charge in [0.05, 0.1) is 31.6 Å². The molecule has 27 heavy (non-hydrogen) atoms. The fourth-order valence-corrected chi connectivity index (χ4v) is 3.26. The lowest BCUT2D eigenvalue weighted by Gasteiger charge is -2.29. The Morgan fingerprint density at radius 2 is 1.85 bits per heavy atom. The first-order valence-corrected chi connectivity index (χ1v) is 8.75. The number of anilines is 2. The van der Waals surface area contributed by atoms with E-state index in [9.17, 15) is 9.59 Å². The van der Waals surface area contributed by atoms with Crippen molar-refractivity contribution in [2.75, 3.05) is 56.7 Å². The molecule has 0 aliphatic carbocycles. The van der Waals surface area contributed by atoms with Gasteiger partial charge in [0.25, 0.3) is 0 Å². The molecule has 0 aromatic heterocycles. The maximum atomic E-state index is 12.5. The normalized spacial score (nSPS) is 17.3. The number of hydrogen-bond donors (Lipinski definition) is 2. The fraction of sp³-hybridized carbons (Fsp3) is 0.556. The first-order valence-electron chi connectivity index (χ1n) is 8.75. The average molecular weight is 420 g/mol. The summed E-state index contributed by atoms with van der Waals surface area (Å²) in [6.07, 6.45) is 1.62. The highest BCUT2D eigenvalue weighted by molar-refractivity contribution is 6.02. The summed E-state index contributed by atoms with van der Waals surface area (Å²) < 4.78 is 10.3. The molecular formula is C18H27Cl2N3O4. The van der Waals surface area contributed by atoms with Gasteiger partial charge in [0.2, 0.25) is 5.91 Å². The standard InChI is InChI=1S/C18H25N3O4.2ClH/c1-24-18(23)15-12-14(21-8-10-25-11-9-21)2-3-16(15)20-17(22)13-4-6-19-7-5-13;;/h2-3,12-13,19H,4-11H2,1H3,(H,20,22);2*1H. The zero-order chi connectivity index (χ0) is 17.6. The molecule has 3 rings (SSSR count). The Balaban J connectivity index is 0.00000182. The molecule has 2 fully saturated rings. The Hall–Kier alpha value is -1.54. The molecule has 1 aromatic rings. The monoisotopic (exact) mass is 419 g/mol. The van der Waals surface area contributed by atoms with Crippen molar-refractivity contribution in [3.63, 3.8) is 0 Å². The number of carbonyl (C=O) groups is 2. The van der Waals surface area contributed by atoms with Crippen molar-refractivity contribution in [1.82, 2.24) is 5.32 Å². The number of esters is 1. The van der Waals surface area contributed by atoms with Gasteiger partial charge in [0.1, 0.15) is 0 Å². The Kier molecular flexibility index (Phi) is 9.87. The van der Waals surface area contributed by atoms with Crippen LogP contribution >= 0.6 is 24.8 Å². The van der Waals surface area contributed by atoms with Crippen molar-refractivity contribution < 1.29 is 19.1 Å². The van der Waals surface area contributed by atoms with E-state index in [0.29, 0.717) is 24.5 Å². The molecular weight excluding hydrogens is 393 g/mol. The Morgan fingerprint density at radius 1 is 1.19 bits per heavy atom. The van der Waals surface area contributed by atoms with Gasteiger partial charge in [-0.05, 0) is 44.1 Å². The molecule has 0 atom stereocenters. The van der Waals surface area contributed by atoms with Crippen LogP contribution in [0.2, 0.25) is 0 Å². The predicted octanol–water partition coefficient (Wildman–Crippen LogP) is 2.09. The van der Waals surface area contributed by atoms with Crippen molar-refractivity contribution in [3.8, 4) is 0 Å². The molecule has 7 nitrogen and oxygen atoms in total. The van der Waals surface area contributed by atoms with Gasteiger partial charge in [-0.25, -0.2) is 4.79 Å². The number of piperidine rings is 1. The number of morpholine rings is 1. The summed E-state index contributed by atoms with van der Waals surface area (Å²) in [7, 11) is 1.35. The molecule has 1 amide bonds. The number of nitrogens with one attached hydrogen (secondary N) is 2. The van der Waals surface area contributed by atoms with Gasteiger partial charge in [0.15, 0.2) is 0 Å². The van der Waals surface area contributed by atoms with Crippen LogP contribution < -0.4 is 15.5 Å². The minimum Gasteiger partial charge on any atom is -0.465 e. The van der Waals surface area contributed by atoms with E-state index in [2.05, 4.69) is 15.5 Å². The van der Waals surface area contributed by atoms with Gasteiger partial charge < -0.3 is 25.0 Å². The molecule has 0 saturated carbocycles. The largest absolute Gasteiger partial charge is 0.465 e. The lowest BCUT2D eigenvalue weighted by atomic mass is 9.97. The van der Waals surface area contributed by atoms with Crippen molar-refractivity contribution in [2.45, 2.75) is 12.8 Å². The smallest absolute Gasteiger partial charge is 0.340 e. The number of carbonyl (C=O) groups excluding carboxylic acids is 2. The van der Waals surface area contributed by atoms with Crippen molar-refractivity contribution >= 4 is 48.1 Å². The maximum absolute atomic E-state index is 12.5. The molecule has 2 N–H and O–H groups in total. The van der Waals surface area contributed by atoms with Crippen LogP contribution in [0.1, 0.15) is 23.2 Å². The number of hydrogen-bond acceptors (Lipinski definition) is 6. The molecule has 0 bridgehead atoms. The fourth-order valence-electron chi connectivity index (χ4n) is 3.26. The van der Waals surface area contributed by atoms with Crippen molar-refractivity contribution in [1.29, 1.82) is 0 Å². The molecule has 9 heteroatoms. The molecule has 1 aromatic carbocycles. The van der Waals surface area contributed by atoms with Crippen LogP contribution in [0.5, 0.6) is 0 Å². The van der Waals surface area contributed by atoms with Gasteiger partial charge in [-0.2, -0.15) is 0 Å². The van der Waals surface area contributed by atoms with Gasteiger partial charge in [0, 0.05) is 24.7 Å². The Bertz CT molecular complexity index is 633. The van der Waals surface area contributed by atoms with E-state index in [1.54, 1.807) is 12.1 Å². The van der Waals surface area contributed by atoms with Crippen LogP contribution in [0, 0.1) is 5.92 Å². The molecule has 152 valence electrons. The second-order valence-electron chi connectivity index (χ2n) is 6.33. The van der Waals surface area contributed by atoms with Crippen molar-refractivity contribution in [2.24, 2.45) is 5.92 Å². The highest BCUT2D eigenvalue weighted by atomic mass is 35.5. The maximum Gasteiger partial charge on any atom is 0.340 e. The summed E-state index contributed by atoms with van der Waals surface area (Å²) in [4.78, 5) is 26.9. The summed E-state index contributed by atoms with van der Waals surface area (Å²) in [5, 5.41) is 6.16. The Morgan fingerprint density at radius 3 is 2.48 bits per heavy atom. The number of benzene rings is 1. The second-order valence-corrected chi connectivity index (χ2v) is 6.33. The minimum absolute atomic E-state index is 0. The SMILES string of the molecule is COC(=O)c1cc(N2CCOCC2)ccc1NC(=O)C1CCNCC1.Cl.Cl. The average Bonchev–Trinajstić information content (AvgIpc) is 2.69. The molecule has 2 aliphatic rings. The third-order valence-corrected chi connectivity index (χ3v) is 4.75. The summed E-state index contributed by atoms with van der Waals surface area (Å²) in [5.41, 5.74) is 1.82. The summed E-state index contributed by atoms with van der Waals surface area (Å²) in [6, 6.07) is 5.50. The summed E-state index contributed by atoms with van der Waals surface area (Å²) in [6.45, 7) is 4.59. The topological polar surface area (TPSA) is 79.9 Å². The predicted molar refractivity (Wildman–Crippen MR) is 110 cm³/mol. The number of rotatable bonds is 4. The molecule has 0 radical (unpaired) electrons. The highest BCUT2D eigenvalue weighted by Crippen LogP contribution is 2.26. The number of nitrogens with zero attached hydrogens (tertiary/aromatic N) is 1. The zero-order valence-electron chi connectivity index (χ0n) is 15.4. The molecule has 2 saturated heterocycles. The lowest BCUT2D eigenvalue weighted by molar-refractivity contribution is -0.120. The quantitative estimate of drug-likeness (QED) is 0.727. The van der Waals surface area contributed by atoms with E-state index in [1.807, 2.05) is 6.07 Å². The van der Waals surface area contributed by atoms with Crippen LogP contribution in [0.25, 0.3) is 0 Å². The number of halogens is 2. The Labute approximate surface area is 172 Å². The molecule has 2 heterocycles. The van der Waals surface area contributed by atoms with Gasteiger partial charge in [-0.15, -0.1) is 24.8 Å². The third kappa shape index (κ3) is 5.97. The molecule has 0 unspecified atom stereocenters. The van der Waals surface area contributed by atoms with Gasteiger partial charge >= 0.3 is 5.97 Å². The van der Waals surface area contributed by atoms with Gasteiger partial charge in [-0.3, -0.25) is 4.79 Å². The third-order valence-electron chi connectivity index (χ3n) is 4.75. The molecule has 2 aliphatic heterocycles. The summed E-state index contributed by atoms with van der Waals surface area (Å²) >= 11 is 0. The zero-order valence-corrected chi connectivity index (χ0v) is 17.0. The van der Waals surface area contributed by atoms with Crippen molar-refractivity contribution in [3.05, 3.63) is 23.8 Å². The summed E-state index contributed by atoms with van der Waals surface area (Å²) in [5.74, 6) is -0.507. The second kappa shape index (κ2) is 11.3. The minimum atomic E-state index is -0.448. The van der Waals surface area contributed by atoms with Gasteiger partial charge in [-0.1, -0.05) is 0 Å². The first-order chi connectivity index (χ1) is 12.2. The van der Waals surface area contributed by atoms with E-state index in [1.165, 1.54) is 7.11 Å². The first kappa shape index (κ1) is 23.5. The van der Waals surface area contributed by atoms with E-state index in [-0.39, 0.29) is 36.6 Å². The highest BCUT2D eigenvalue weighted by Gasteiger charge is 2.23. The van der Waals surface area contributed by atoms with E-state index >= 15 is 0 Å². The van der Waals surface area contributed by atoms with E-state index < -0.39 is 5.97 Å². The van der Waals surface area contributed by atoms with Crippen LogP contribution in [0.4, 0.5) is 11.4 Å². The number of amides is 1. The number of ether oxygens (including phenoxy) is 2. The van der Waals surface area contributed by atoms with Crippen LogP contribution in [-0.4, -0.2) is 58.4 Å². The lowest BCUT2D eigenvalue weighted by Crippen LogP contribution is -2.36. The molecule has 0 spiro atoms. The van der Waals surface area contributed by atoms with Crippen LogP contribution in [-0.2, 0) is 14.3 Å². The number of methoxy groups -OCH3 is 1. The van der Waals surface area contributed by atoms with E-state index in [0.717, 1.165) is 44.7 Å².